The fourth-order valence-corrected chi connectivity index (χ4v) is 3.23. The highest BCUT2D eigenvalue weighted by atomic mass is 16.5. The van der Waals surface area contributed by atoms with Crippen molar-refractivity contribution in [3.05, 3.63) is 59.9 Å². The van der Waals surface area contributed by atoms with E-state index in [0.717, 1.165) is 37.1 Å². The standard InChI is InChI=1S/C19H24N2O/c1-15-11-18(14-22-19-9-6-10-20-16(19)2)21(12-15)13-17-7-4-3-5-8-17/h3-10,15,18H,11-14H2,1-2H3/t15-,18+/m1/s1. The first-order chi connectivity index (χ1) is 10.7. The molecule has 1 fully saturated rings. The Hall–Kier alpha value is -1.87. The largest absolute Gasteiger partial charge is 0.490 e. The molecule has 0 saturated carbocycles. The summed E-state index contributed by atoms with van der Waals surface area (Å²) in [5, 5.41) is 0. The van der Waals surface area contributed by atoms with Crippen LogP contribution in [0.1, 0.15) is 24.6 Å². The summed E-state index contributed by atoms with van der Waals surface area (Å²) in [4.78, 5) is 6.83. The monoisotopic (exact) mass is 296 g/mol. The molecule has 1 aromatic carbocycles. The normalized spacial score (nSPS) is 21.9. The predicted octanol–water partition coefficient (Wildman–Crippen LogP) is 3.68. The van der Waals surface area contributed by atoms with Crippen LogP contribution in [0.5, 0.6) is 5.75 Å². The second kappa shape index (κ2) is 6.93. The quantitative estimate of drug-likeness (QED) is 0.841. The fraction of sp³-hybridized carbons (Fsp3) is 0.421. The molecule has 22 heavy (non-hydrogen) atoms. The lowest BCUT2D eigenvalue weighted by Crippen LogP contribution is -2.33. The van der Waals surface area contributed by atoms with Gasteiger partial charge in [-0.2, -0.15) is 0 Å². The van der Waals surface area contributed by atoms with Crippen LogP contribution in [0.4, 0.5) is 0 Å². The molecule has 0 radical (unpaired) electrons. The second-order valence-electron chi connectivity index (χ2n) is 6.31. The molecular formula is C19H24N2O. The van der Waals surface area contributed by atoms with Crippen molar-refractivity contribution < 1.29 is 4.74 Å². The van der Waals surface area contributed by atoms with Gasteiger partial charge < -0.3 is 4.74 Å². The van der Waals surface area contributed by atoms with Crippen molar-refractivity contribution in [1.82, 2.24) is 9.88 Å². The molecule has 1 aliphatic rings. The maximum atomic E-state index is 6.03. The third-order valence-electron chi connectivity index (χ3n) is 4.36. The number of ether oxygens (including phenoxy) is 1. The van der Waals surface area contributed by atoms with E-state index in [2.05, 4.69) is 47.1 Å². The SMILES string of the molecule is Cc1ncccc1OC[C@@H]1C[C@@H](C)CN1Cc1ccccc1. The Bertz CT molecular complexity index is 599. The number of nitrogens with zero attached hydrogens (tertiary/aromatic N) is 2. The van der Waals surface area contributed by atoms with Crippen molar-refractivity contribution in [2.24, 2.45) is 5.92 Å². The molecule has 0 spiro atoms. The van der Waals surface area contributed by atoms with Crippen molar-refractivity contribution in [3.8, 4) is 5.75 Å². The van der Waals surface area contributed by atoms with Gasteiger partial charge in [-0.1, -0.05) is 37.3 Å². The van der Waals surface area contributed by atoms with Gasteiger partial charge in [-0.05, 0) is 37.0 Å². The third kappa shape index (κ3) is 3.66. The van der Waals surface area contributed by atoms with Gasteiger partial charge in [0.2, 0.25) is 0 Å². The van der Waals surface area contributed by atoms with Gasteiger partial charge in [0, 0.05) is 25.3 Å². The molecule has 0 amide bonds. The highest BCUT2D eigenvalue weighted by Crippen LogP contribution is 2.26. The van der Waals surface area contributed by atoms with Crippen LogP contribution in [0.15, 0.2) is 48.7 Å². The number of aryl methyl sites for hydroxylation is 1. The summed E-state index contributed by atoms with van der Waals surface area (Å²) < 4.78 is 6.03. The van der Waals surface area contributed by atoms with E-state index < -0.39 is 0 Å². The number of likely N-dealkylation sites (tertiary alicyclic amines) is 1. The Labute approximate surface area is 132 Å². The van der Waals surface area contributed by atoms with Crippen molar-refractivity contribution in [1.29, 1.82) is 0 Å². The number of hydrogen-bond donors (Lipinski definition) is 0. The van der Waals surface area contributed by atoms with Crippen LogP contribution in [-0.4, -0.2) is 29.1 Å². The number of hydrogen-bond acceptors (Lipinski definition) is 3. The van der Waals surface area contributed by atoms with Crippen LogP contribution in [0.25, 0.3) is 0 Å². The first-order valence-electron chi connectivity index (χ1n) is 8.05. The summed E-state index contributed by atoms with van der Waals surface area (Å²) in [6.07, 6.45) is 3.01. The molecule has 0 unspecified atom stereocenters. The molecule has 0 aliphatic carbocycles. The summed E-state index contributed by atoms with van der Waals surface area (Å²) in [7, 11) is 0. The van der Waals surface area contributed by atoms with Gasteiger partial charge in [0.1, 0.15) is 12.4 Å². The maximum absolute atomic E-state index is 6.03. The molecule has 2 aromatic rings. The van der Waals surface area contributed by atoms with E-state index in [1.165, 1.54) is 12.0 Å². The van der Waals surface area contributed by atoms with Gasteiger partial charge in [-0.3, -0.25) is 9.88 Å². The molecule has 116 valence electrons. The first-order valence-corrected chi connectivity index (χ1v) is 8.05. The topological polar surface area (TPSA) is 25.4 Å². The van der Waals surface area contributed by atoms with Crippen LogP contribution in [-0.2, 0) is 6.54 Å². The molecule has 0 bridgehead atoms. The zero-order valence-corrected chi connectivity index (χ0v) is 13.4. The molecule has 1 saturated heterocycles. The first kappa shape index (κ1) is 15.0. The molecule has 3 nitrogen and oxygen atoms in total. The minimum absolute atomic E-state index is 0.481. The average molecular weight is 296 g/mol. The number of rotatable bonds is 5. The lowest BCUT2D eigenvalue weighted by Gasteiger charge is -2.24. The van der Waals surface area contributed by atoms with Crippen molar-refractivity contribution in [3.63, 3.8) is 0 Å². The summed E-state index contributed by atoms with van der Waals surface area (Å²) >= 11 is 0. The Balaban J connectivity index is 1.62. The van der Waals surface area contributed by atoms with E-state index in [1.807, 2.05) is 25.3 Å². The third-order valence-corrected chi connectivity index (χ3v) is 4.36. The molecule has 2 atom stereocenters. The van der Waals surface area contributed by atoms with Crippen LogP contribution in [0.3, 0.4) is 0 Å². The highest BCUT2D eigenvalue weighted by Gasteiger charge is 2.30. The maximum Gasteiger partial charge on any atom is 0.140 e. The van der Waals surface area contributed by atoms with Gasteiger partial charge in [0.15, 0.2) is 0 Å². The minimum Gasteiger partial charge on any atom is -0.490 e. The summed E-state index contributed by atoms with van der Waals surface area (Å²) in [5.41, 5.74) is 2.34. The van der Waals surface area contributed by atoms with Gasteiger partial charge in [-0.25, -0.2) is 0 Å². The minimum atomic E-state index is 0.481. The van der Waals surface area contributed by atoms with E-state index >= 15 is 0 Å². The number of benzene rings is 1. The predicted molar refractivity (Wildman–Crippen MR) is 88.9 cm³/mol. The van der Waals surface area contributed by atoms with Gasteiger partial charge in [0.25, 0.3) is 0 Å². The molecule has 0 N–H and O–H groups in total. The van der Waals surface area contributed by atoms with Crippen LogP contribution in [0, 0.1) is 12.8 Å². The zero-order valence-electron chi connectivity index (χ0n) is 13.4. The van der Waals surface area contributed by atoms with Crippen molar-refractivity contribution in [2.45, 2.75) is 32.9 Å². The zero-order chi connectivity index (χ0) is 15.4. The van der Waals surface area contributed by atoms with Gasteiger partial charge in [-0.15, -0.1) is 0 Å². The van der Waals surface area contributed by atoms with Gasteiger partial charge in [0.05, 0.1) is 5.69 Å². The Morgan fingerprint density at radius 1 is 1.18 bits per heavy atom. The molecule has 3 rings (SSSR count). The molecule has 3 heteroatoms. The molecular weight excluding hydrogens is 272 g/mol. The Morgan fingerprint density at radius 3 is 2.77 bits per heavy atom. The number of pyridine rings is 1. The number of aromatic nitrogens is 1. The second-order valence-corrected chi connectivity index (χ2v) is 6.31. The lowest BCUT2D eigenvalue weighted by atomic mass is 10.1. The van der Waals surface area contributed by atoms with E-state index in [0.29, 0.717) is 6.04 Å². The van der Waals surface area contributed by atoms with Crippen LogP contribution >= 0.6 is 0 Å². The van der Waals surface area contributed by atoms with Crippen LogP contribution in [0.2, 0.25) is 0 Å². The molecule has 2 heterocycles. The van der Waals surface area contributed by atoms with E-state index in [9.17, 15) is 0 Å². The van der Waals surface area contributed by atoms with Crippen molar-refractivity contribution in [2.75, 3.05) is 13.2 Å². The average Bonchev–Trinajstić information content (AvgIpc) is 2.87. The Morgan fingerprint density at radius 2 is 2.00 bits per heavy atom. The smallest absolute Gasteiger partial charge is 0.140 e. The van der Waals surface area contributed by atoms with E-state index in [1.54, 1.807) is 0 Å². The summed E-state index contributed by atoms with van der Waals surface area (Å²) in [5.74, 6) is 1.63. The van der Waals surface area contributed by atoms with Gasteiger partial charge >= 0.3 is 0 Å². The Kier molecular flexibility index (Phi) is 4.74. The molecule has 1 aliphatic heterocycles. The summed E-state index contributed by atoms with van der Waals surface area (Å²) in [6.45, 7) is 7.21. The van der Waals surface area contributed by atoms with Crippen molar-refractivity contribution >= 4 is 0 Å². The highest BCUT2D eigenvalue weighted by molar-refractivity contribution is 5.25. The lowest BCUT2D eigenvalue weighted by molar-refractivity contribution is 0.166. The van der Waals surface area contributed by atoms with E-state index in [4.69, 9.17) is 4.74 Å². The fourth-order valence-electron chi connectivity index (χ4n) is 3.23. The molecule has 1 aromatic heterocycles. The van der Waals surface area contributed by atoms with Crippen LogP contribution < -0.4 is 4.74 Å². The summed E-state index contributed by atoms with van der Waals surface area (Å²) in [6, 6.07) is 15.1. The van der Waals surface area contributed by atoms with E-state index in [-0.39, 0.29) is 0 Å².